The zero-order valence-electron chi connectivity index (χ0n) is 33.5. The van der Waals surface area contributed by atoms with E-state index in [0.717, 1.165) is 61.0 Å². The van der Waals surface area contributed by atoms with Crippen molar-refractivity contribution in [3.63, 3.8) is 0 Å². The number of rotatable bonds is 27. The Morgan fingerprint density at radius 3 is 1.46 bits per heavy atom. The van der Waals surface area contributed by atoms with Crippen LogP contribution in [0, 0.1) is 0 Å². The maximum atomic E-state index is 11.9. The number of hydrogen-bond donors (Lipinski definition) is 0. The summed E-state index contributed by atoms with van der Waals surface area (Å²) in [6.07, 6.45) is 28.9. The summed E-state index contributed by atoms with van der Waals surface area (Å²) in [5.41, 5.74) is 21.7. The summed E-state index contributed by atoms with van der Waals surface area (Å²) in [5, 5.41) is 2.81. The van der Waals surface area contributed by atoms with Crippen molar-refractivity contribution in [2.45, 2.75) is 200 Å². The topological polar surface area (TPSA) is 25.3 Å². The van der Waals surface area contributed by atoms with Crippen molar-refractivity contribution >= 4 is 11.4 Å². The van der Waals surface area contributed by atoms with Crippen LogP contribution in [0.4, 0.5) is 0 Å². The van der Waals surface area contributed by atoms with E-state index in [-0.39, 0.29) is 0 Å². The van der Waals surface area contributed by atoms with Crippen molar-refractivity contribution in [1.82, 2.24) is 0 Å². The molecule has 0 spiro atoms. The van der Waals surface area contributed by atoms with Gasteiger partial charge in [0.1, 0.15) is 0 Å². The van der Waals surface area contributed by atoms with Crippen molar-refractivity contribution in [3.05, 3.63) is 87.5 Å². The van der Waals surface area contributed by atoms with E-state index in [1.807, 2.05) is 14.4 Å². The van der Waals surface area contributed by atoms with E-state index in [1.54, 1.807) is 4.70 Å². The summed E-state index contributed by atoms with van der Waals surface area (Å²) in [6, 6.07) is 18.0. The third-order valence-electron chi connectivity index (χ3n) is 9.89. The molecule has 0 N–H and O–H groups in total. The molecule has 0 aliphatic carbocycles. The third-order valence-corrected chi connectivity index (χ3v) is 11.3. The SMILES string of the molecule is CCCCCCc1ccc(C2=C(CCCCC)C(CCCC)=C(c3cccc(CCCCCC)c3)[N+]2=[N-])cc1.CCCC[CH2][Ni][CH2]CCCC. The van der Waals surface area contributed by atoms with Gasteiger partial charge in [-0.15, -0.1) is 0 Å². The Bertz CT molecular complexity index is 1230. The van der Waals surface area contributed by atoms with Crippen LogP contribution in [-0.2, 0) is 27.3 Å². The van der Waals surface area contributed by atoms with Crippen LogP contribution in [0.15, 0.2) is 59.7 Å². The molecular formula is C47H76N2Ni. The molecule has 0 amide bonds. The van der Waals surface area contributed by atoms with Crippen LogP contribution in [0.3, 0.4) is 0 Å². The molecule has 1 aliphatic rings. The van der Waals surface area contributed by atoms with Crippen LogP contribution >= 0.6 is 0 Å². The van der Waals surface area contributed by atoms with Gasteiger partial charge in [-0.05, 0) is 86.8 Å². The van der Waals surface area contributed by atoms with Crippen molar-refractivity contribution in [1.29, 1.82) is 0 Å². The van der Waals surface area contributed by atoms with Crippen LogP contribution in [0.2, 0.25) is 10.8 Å². The number of hydrogen-bond acceptors (Lipinski definition) is 0. The van der Waals surface area contributed by atoms with Crippen LogP contribution in [0.5, 0.6) is 0 Å². The molecule has 0 saturated carbocycles. The van der Waals surface area contributed by atoms with E-state index < -0.39 is 0 Å². The Labute approximate surface area is 316 Å². The quantitative estimate of drug-likeness (QED) is 0.0497. The fourth-order valence-electron chi connectivity index (χ4n) is 6.80. The Morgan fingerprint density at radius 2 is 0.900 bits per heavy atom. The molecule has 0 unspecified atom stereocenters. The average Bonchev–Trinajstić information content (AvgIpc) is 3.41. The molecule has 1 heterocycles. The first-order valence-electron chi connectivity index (χ1n) is 21.1. The van der Waals surface area contributed by atoms with Gasteiger partial charge in [-0.2, -0.15) is 0 Å². The van der Waals surface area contributed by atoms with Crippen molar-refractivity contribution < 1.29 is 19.1 Å². The second-order valence-corrected chi connectivity index (χ2v) is 15.9. The molecule has 0 fully saturated rings. The van der Waals surface area contributed by atoms with E-state index >= 15 is 0 Å². The summed E-state index contributed by atoms with van der Waals surface area (Å²) in [4.78, 5) is 0. The molecule has 0 radical (unpaired) electrons. The monoisotopic (exact) mass is 727 g/mol. The van der Waals surface area contributed by atoms with E-state index in [4.69, 9.17) is 0 Å². The summed E-state index contributed by atoms with van der Waals surface area (Å²) in [7, 11) is 0. The van der Waals surface area contributed by atoms with Gasteiger partial charge in [0.25, 0.3) is 0 Å². The van der Waals surface area contributed by atoms with Crippen molar-refractivity contribution in [2.75, 3.05) is 0 Å². The van der Waals surface area contributed by atoms with Crippen LogP contribution in [-0.4, -0.2) is 4.70 Å². The summed E-state index contributed by atoms with van der Waals surface area (Å²) < 4.78 is 1.55. The molecule has 2 nitrogen and oxygen atoms in total. The summed E-state index contributed by atoms with van der Waals surface area (Å²) in [6.45, 7) is 13.6. The van der Waals surface area contributed by atoms with Crippen molar-refractivity contribution in [3.8, 4) is 0 Å². The van der Waals surface area contributed by atoms with Gasteiger partial charge in [0.2, 0.25) is 11.4 Å². The fourth-order valence-corrected chi connectivity index (χ4v) is 8.04. The van der Waals surface area contributed by atoms with Gasteiger partial charge in [-0.1, -0.05) is 110 Å². The van der Waals surface area contributed by atoms with Gasteiger partial charge in [-0.25, -0.2) is 4.70 Å². The first kappa shape index (κ1) is 44.2. The van der Waals surface area contributed by atoms with E-state index in [9.17, 15) is 5.53 Å². The molecule has 50 heavy (non-hydrogen) atoms. The number of allylic oxidation sites excluding steroid dienone is 2. The summed E-state index contributed by atoms with van der Waals surface area (Å²) in [5.74, 6) is 0. The molecule has 0 saturated heterocycles. The minimum absolute atomic E-state index is 1.01. The van der Waals surface area contributed by atoms with Crippen LogP contribution in [0.1, 0.15) is 199 Å². The molecule has 3 rings (SSSR count). The molecule has 284 valence electrons. The predicted octanol–water partition coefficient (Wildman–Crippen LogP) is 16.2. The average molecular weight is 728 g/mol. The second kappa shape index (κ2) is 28.6. The molecule has 1 aliphatic heterocycles. The van der Waals surface area contributed by atoms with Gasteiger partial charge in [-0.3, -0.25) is 0 Å². The maximum absolute atomic E-state index is 11.9. The first-order valence-corrected chi connectivity index (χ1v) is 22.5. The normalized spacial score (nSPS) is 13.0. The van der Waals surface area contributed by atoms with E-state index in [1.165, 1.54) is 142 Å². The third kappa shape index (κ3) is 16.6. The van der Waals surface area contributed by atoms with Crippen molar-refractivity contribution in [2.24, 2.45) is 0 Å². The van der Waals surface area contributed by atoms with Crippen LogP contribution in [0.25, 0.3) is 16.9 Å². The molecular weight excluding hydrogens is 651 g/mol. The molecule has 0 aromatic heterocycles. The molecule has 3 heteroatoms. The molecule has 0 atom stereocenters. The second-order valence-electron chi connectivity index (χ2n) is 14.4. The zero-order valence-corrected chi connectivity index (χ0v) is 34.5. The predicted molar refractivity (Wildman–Crippen MR) is 218 cm³/mol. The molecule has 0 bridgehead atoms. The zero-order chi connectivity index (χ0) is 36.2. The fraction of sp³-hybridized carbons (Fsp3) is 0.660. The molecule has 2 aromatic carbocycles. The Kier molecular flexibility index (Phi) is 25.3. The van der Waals surface area contributed by atoms with Gasteiger partial charge >= 0.3 is 77.6 Å². The molecule has 2 aromatic rings. The number of benzene rings is 2. The minimum atomic E-state index is 1.01. The number of unbranched alkanes of at least 4 members (excludes halogenated alkanes) is 13. The number of aryl methyl sites for hydroxylation is 2. The van der Waals surface area contributed by atoms with E-state index in [2.05, 4.69) is 90.1 Å². The van der Waals surface area contributed by atoms with E-state index in [0.29, 0.717) is 0 Å². The standard InChI is InChI=1S/C37H54N2.2C5H11.Ni/c1-5-9-13-16-19-30-25-27-32(28-26-30)36-35(24-15-11-7-3)34(23-12-8-4)37(39(36)38)33-22-18-21-31(29-33)20-17-14-10-6-2;2*1-3-5-4-2;/h18,21-22,25-29H,5-17,19-20,23-24H2,1-4H3;2*1,3-5H2,2H3;. The Morgan fingerprint density at radius 1 is 0.440 bits per heavy atom. The summed E-state index contributed by atoms with van der Waals surface area (Å²) >= 11 is 1.97. The van der Waals surface area contributed by atoms with Gasteiger partial charge in [0.15, 0.2) is 0 Å². The van der Waals surface area contributed by atoms with Gasteiger partial charge in [0.05, 0.1) is 0 Å². The van der Waals surface area contributed by atoms with Gasteiger partial charge in [0, 0.05) is 22.3 Å². The Hall–Kier alpha value is -1.99. The first-order chi connectivity index (χ1) is 24.6. The number of nitrogens with zero attached hydrogens (tertiary/aromatic N) is 2. The Balaban J connectivity index is 0.000000677. The van der Waals surface area contributed by atoms with Crippen LogP contribution < -0.4 is 0 Å². The van der Waals surface area contributed by atoms with Gasteiger partial charge < -0.3 is 5.53 Å².